The van der Waals surface area contributed by atoms with Crippen molar-refractivity contribution in [3.05, 3.63) is 54.0 Å². The molecule has 1 aliphatic rings. The van der Waals surface area contributed by atoms with Crippen molar-refractivity contribution < 1.29 is 4.79 Å². The van der Waals surface area contributed by atoms with Gasteiger partial charge in [0.25, 0.3) is 5.91 Å². The van der Waals surface area contributed by atoms with E-state index in [9.17, 15) is 4.79 Å². The van der Waals surface area contributed by atoms with E-state index < -0.39 is 0 Å². The number of benzene rings is 1. The summed E-state index contributed by atoms with van der Waals surface area (Å²) in [7, 11) is 0. The van der Waals surface area contributed by atoms with Crippen molar-refractivity contribution >= 4 is 16.8 Å². The first-order valence-corrected chi connectivity index (χ1v) is 7.74. The van der Waals surface area contributed by atoms with Crippen molar-refractivity contribution in [2.24, 2.45) is 0 Å². The maximum Gasteiger partial charge on any atom is 0.256 e. The lowest BCUT2D eigenvalue weighted by molar-refractivity contribution is 0.0788. The third kappa shape index (κ3) is 2.46. The van der Waals surface area contributed by atoms with Crippen molar-refractivity contribution in [3.63, 3.8) is 0 Å². The summed E-state index contributed by atoms with van der Waals surface area (Å²) >= 11 is 0. The van der Waals surface area contributed by atoms with Gasteiger partial charge in [-0.05, 0) is 25.5 Å². The Morgan fingerprint density at radius 2 is 2.17 bits per heavy atom. The van der Waals surface area contributed by atoms with Gasteiger partial charge in [-0.15, -0.1) is 5.10 Å². The molecule has 6 nitrogen and oxygen atoms in total. The summed E-state index contributed by atoms with van der Waals surface area (Å²) in [5.41, 5.74) is 2.37. The maximum atomic E-state index is 12.9. The van der Waals surface area contributed by atoms with Crippen LogP contribution in [0.1, 0.15) is 28.5 Å². The lowest BCUT2D eigenvalue weighted by atomic mass is 10.1. The number of amides is 1. The van der Waals surface area contributed by atoms with Gasteiger partial charge in [-0.3, -0.25) is 9.78 Å². The molecule has 0 radical (unpaired) electrons. The van der Waals surface area contributed by atoms with Gasteiger partial charge in [0.15, 0.2) is 0 Å². The molecule has 4 rings (SSSR count). The van der Waals surface area contributed by atoms with Crippen molar-refractivity contribution in [1.29, 1.82) is 0 Å². The molecular weight excluding hydrogens is 290 g/mol. The van der Waals surface area contributed by atoms with Crippen LogP contribution in [0, 0.1) is 6.92 Å². The lowest BCUT2D eigenvalue weighted by Gasteiger charge is -2.17. The summed E-state index contributed by atoms with van der Waals surface area (Å²) in [6.07, 6.45) is 4.41. The van der Waals surface area contributed by atoms with Crippen LogP contribution >= 0.6 is 0 Å². The second-order valence-corrected chi connectivity index (χ2v) is 5.91. The number of carbonyl (C=O) groups excluding carboxylic acids is 1. The second-order valence-electron chi connectivity index (χ2n) is 5.91. The number of carbonyl (C=O) groups is 1. The Balaban J connectivity index is 1.64. The minimum atomic E-state index is 0.0383. The third-order valence-electron chi connectivity index (χ3n) is 4.36. The minimum Gasteiger partial charge on any atom is -0.336 e. The minimum absolute atomic E-state index is 0.0383. The largest absolute Gasteiger partial charge is 0.336 e. The van der Waals surface area contributed by atoms with Gasteiger partial charge < -0.3 is 4.90 Å². The number of fused-ring (bicyclic) bond motifs is 1. The first-order valence-electron chi connectivity index (χ1n) is 7.74. The fourth-order valence-electron chi connectivity index (χ4n) is 3.14. The first-order chi connectivity index (χ1) is 11.2. The quantitative estimate of drug-likeness (QED) is 0.728. The highest BCUT2D eigenvalue weighted by Gasteiger charge is 2.29. The molecule has 1 aromatic carbocycles. The molecule has 0 spiro atoms. The highest BCUT2D eigenvalue weighted by atomic mass is 16.2. The molecule has 23 heavy (non-hydrogen) atoms. The topological polar surface area (TPSA) is 63.9 Å². The molecule has 3 heterocycles. The highest BCUT2D eigenvalue weighted by molar-refractivity contribution is 6.05. The number of pyridine rings is 1. The van der Waals surface area contributed by atoms with Crippen LogP contribution in [0.4, 0.5) is 0 Å². The molecule has 1 amide bonds. The Morgan fingerprint density at radius 3 is 3.00 bits per heavy atom. The molecule has 0 saturated carbocycles. The fourth-order valence-corrected chi connectivity index (χ4v) is 3.14. The molecule has 6 heteroatoms. The predicted octanol–water partition coefficient (Wildman–Crippen LogP) is 2.22. The second kappa shape index (κ2) is 5.46. The Hall–Kier alpha value is -2.76. The fraction of sp³-hybridized carbons (Fsp3) is 0.294. The standard InChI is InChI=1S/C17H17N5O/c1-12-5-6-13-3-2-4-15(16(13)19-12)17(23)21-9-7-14(11-21)22-10-8-18-20-22/h2-6,8,10,14H,7,9,11H2,1H3/t14-/m0/s1. The number of hydrogen-bond donors (Lipinski definition) is 0. The van der Waals surface area contributed by atoms with Crippen LogP contribution in [-0.4, -0.2) is 43.9 Å². The molecule has 3 aromatic rings. The van der Waals surface area contributed by atoms with Gasteiger partial charge in [0.1, 0.15) is 0 Å². The van der Waals surface area contributed by atoms with Crippen LogP contribution in [0.3, 0.4) is 0 Å². The van der Waals surface area contributed by atoms with E-state index in [2.05, 4.69) is 15.3 Å². The zero-order chi connectivity index (χ0) is 15.8. The average molecular weight is 307 g/mol. The van der Waals surface area contributed by atoms with Gasteiger partial charge in [-0.2, -0.15) is 0 Å². The predicted molar refractivity (Wildman–Crippen MR) is 86.1 cm³/mol. The Labute approximate surface area is 133 Å². The Kier molecular flexibility index (Phi) is 3.29. The van der Waals surface area contributed by atoms with E-state index in [4.69, 9.17) is 0 Å². The van der Waals surface area contributed by atoms with Gasteiger partial charge in [-0.1, -0.05) is 23.4 Å². The van der Waals surface area contributed by atoms with E-state index >= 15 is 0 Å². The summed E-state index contributed by atoms with van der Waals surface area (Å²) in [5, 5.41) is 8.88. The smallest absolute Gasteiger partial charge is 0.256 e. The van der Waals surface area contributed by atoms with Crippen LogP contribution in [0.15, 0.2) is 42.7 Å². The Morgan fingerprint density at radius 1 is 1.26 bits per heavy atom. The molecule has 0 N–H and O–H groups in total. The average Bonchev–Trinajstić information content (AvgIpc) is 3.24. The third-order valence-corrected chi connectivity index (χ3v) is 4.36. The zero-order valence-corrected chi connectivity index (χ0v) is 12.9. The van der Waals surface area contributed by atoms with E-state index in [1.807, 2.05) is 53.0 Å². The van der Waals surface area contributed by atoms with Crippen LogP contribution < -0.4 is 0 Å². The Bertz CT molecular complexity index is 859. The molecule has 1 atom stereocenters. The van der Waals surface area contributed by atoms with Gasteiger partial charge in [-0.25, -0.2) is 4.68 Å². The number of para-hydroxylation sites is 1. The summed E-state index contributed by atoms with van der Waals surface area (Å²) in [5.74, 6) is 0.0383. The van der Waals surface area contributed by atoms with E-state index in [-0.39, 0.29) is 11.9 Å². The molecular formula is C17H17N5O. The number of aromatic nitrogens is 4. The van der Waals surface area contributed by atoms with Crippen LogP contribution in [0.2, 0.25) is 0 Å². The van der Waals surface area contributed by atoms with Gasteiger partial charge in [0, 0.05) is 30.4 Å². The van der Waals surface area contributed by atoms with Gasteiger partial charge in [0.2, 0.25) is 0 Å². The normalized spacial score (nSPS) is 17.8. The molecule has 1 aliphatic heterocycles. The summed E-state index contributed by atoms with van der Waals surface area (Å²) in [4.78, 5) is 19.4. The van der Waals surface area contributed by atoms with Crippen LogP contribution in [-0.2, 0) is 0 Å². The SMILES string of the molecule is Cc1ccc2cccc(C(=O)N3CC[C@H](n4ccnn4)C3)c2n1. The number of aryl methyl sites for hydroxylation is 1. The molecule has 0 aliphatic carbocycles. The van der Waals surface area contributed by atoms with E-state index in [1.165, 1.54) is 0 Å². The van der Waals surface area contributed by atoms with Crippen molar-refractivity contribution in [3.8, 4) is 0 Å². The number of nitrogens with zero attached hydrogens (tertiary/aromatic N) is 5. The summed E-state index contributed by atoms with van der Waals surface area (Å²) in [6.45, 7) is 3.33. The molecule has 0 unspecified atom stereocenters. The van der Waals surface area contributed by atoms with Crippen LogP contribution in [0.25, 0.3) is 10.9 Å². The number of hydrogen-bond acceptors (Lipinski definition) is 4. The number of likely N-dealkylation sites (tertiary alicyclic amines) is 1. The van der Waals surface area contributed by atoms with Crippen molar-refractivity contribution in [2.45, 2.75) is 19.4 Å². The molecule has 1 fully saturated rings. The molecule has 0 bridgehead atoms. The van der Waals surface area contributed by atoms with Gasteiger partial charge >= 0.3 is 0 Å². The number of rotatable bonds is 2. The molecule has 2 aromatic heterocycles. The lowest BCUT2D eigenvalue weighted by Crippen LogP contribution is -2.29. The monoisotopic (exact) mass is 307 g/mol. The highest BCUT2D eigenvalue weighted by Crippen LogP contribution is 2.25. The summed E-state index contributed by atoms with van der Waals surface area (Å²) < 4.78 is 1.83. The van der Waals surface area contributed by atoms with Crippen LogP contribution in [0.5, 0.6) is 0 Å². The zero-order valence-electron chi connectivity index (χ0n) is 12.9. The van der Waals surface area contributed by atoms with Crippen molar-refractivity contribution in [1.82, 2.24) is 24.9 Å². The first kappa shape index (κ1) is 13.9. The molecule has 1 saturated heterocycles. The summed E-state index contributed by atoms with van der Waals surface area (Å²) in [6, 6.07) is 9.94. The van der Waals surface area contributed by atoms with E-state index in [0.717, 1.165) is 29.6 Å². The van der Waals surface area contributed by atoms with Crippen molar-refractivity contribution in [2.75, 3.05) is 13.1 Å². The maximum absolute atomic E-state index is 12.9. The molecule has 116 valence electrons. The van der Waals surface area contributed by atoms with Gasteiger partial charge in [0.05, 0.1) is 23.3 Å². The van der Waals surface area contributed by atoms with E-state index in [1.54, 1.807) is 6.20 Å². The van der Waals surface area contributed by atoms with E-state index in [0.29, 0.717) is 12.1 Å².